The summed E-state index contributed by atoms with van der Waals surface area (Å²) in [5, 5.41) is 20.1. The fourth-order valence-electron chi connectivity index (χ4n) is 5.52. The number of hydrogen-bond acceptors (Lipinski definition) is 8. The Hall–Kier alpha value is -3.45. The van der Waals surface area contributed by atoms with Crippen molar-refractivity contribution in [3.05, 3.63) is 64.0 Å². The summed E-state index contributed by atoms with van der Waals surface area (Å²) in [4.78, 5) is 20.8. The van der Waals surface area contributed by atoms with Crippen molar-refractivity contribution in [2.45, 2.75) is 58.0 Å². The number of halogens is 3. The Labute approximate surface area is 257 Å². The molecule has 228 valence electrons. The topological polar surface area (TPSA) is 110 Å². The second kappa shape index (κ2) is 11.6. The molecule has 43 heavy (non-hydrogen) atoms. The van der Waals surface area contributed by atoms with Crippen LogP contribution in [0, 0.1) is 5.82 Å². The number of carbonyl (C=O) groups excluding carboxylic acids is 1. The molecule has 4 aromatic heterocycles. The van der Waals surface area contributed by atoms with Crippen LogP contribution in [-0.2, 0) is 17.8 Å². The van der Waals surface area contributed by atoms with Gasteiger partial charge in [0.1, 0.15) is 28.4 Å². The molecule has 1 fully saturated rings. The van der Waals surface area contributed by atoms with Crippen molar-refractivity contribution in [2.24, 2.45) is 0 Å². The van der Waals surface area contributed by atoms with Crippen LogP contribution >= 0.6 is 23.2 Å². The number of aliphatic hydroxyl groups is 1. The van der Waals surface area contributed by atoms with Crippen LogP contribution in [0.4, 0.5) is 9.18 Å². The van der Waals surface area contributed by atoms with Crippen LogP contribution in [0.3, 0.4) is 0 Å². The van der Waals surface area contributed by atoms with Gasteiger partial charge in [-0.1, -0.05) is 23.2 Å². The van der Waals surface area contributed by atoms with E-state index in [9.17, 15) is 14.3 Å². The van der Waals surface area contributed by atoms with E-state index in [1.54, 1.807) is 21.7 Å². The summed E-state index contributed by atoms with van der Waals surface area (Å²) in [6.07, 6.45) is 4.02. The maximum absolute atomic E-state index is 13.5. The van der Waals surface area contributed by atoms with E-state index in [1.807, 2.05) is 25.5 Å². The number of carbonyl (C=O) groups is 1. The molecule has 6 heterocycles. The number of fused-ring (bicyclic) bond motifs is 2. The van der Waals surface area contributed by atoms with Gasteiger partial charge in [-0.05, 0) is 45.4 Å². The molecule has 2 aliphatic heterocycles. The smallest absolute Gasteiger partial charge is 0.410 e. The van der Waals surface area contributed by atoms with E-state index in [4.69, 9.17) is 37.8 Å². The number of rotatable bonds is 6. The minimum atomic E-state index is -0.878. The molecule has 2 atom stereocenters. The van der Waals surface area contributed by atoms with E-state index in [1.165, 1.54) is 18.3 Å². The third-order valence-corrected chi connectivity index (χ3v) is 8.27. The lowest BCUT2D eigenvalue weighted by Gasteiger charge is -2.33. The highest BCUT2D eigenvalue weighted by Crippen LogP contribution is 2.38. The molecule has 1 saturated heterocycles. The summed E-state index contributed by atoms with van der Waals surface area (Å²) < 4.78 is 28.7. The molecule has 0 radical (unpaired) electrons. The number of aromatic nitrogens is 5. The molecular formula is C29H32Cl2FN7O4. The van der Waals surface area contributed by atoms with E-state index in [0.717, 1.165) is 24.9 Å². The average Bonchev–Trinajstić information content (AvgIpc) is 3.69. The molecule has 0 aliphatic carbocycles. The van der Waals surface area contributed by atoms with Crippen LogP contribution in [0.15, 0.2) is 36.8 Å². The molecule has 2 aliphatic rings. The minimum absolute atomic E-state index is 0.189. The molecule has 14 heteroatoms. The second-order valence-corrected chi connectivity index (χ2v) is 12.5. The zero-order chi connectivity index (χ0) is 30.5. The molecule has 1 amide bonds. The van der Waals surface area contributed by atoms with E-state index >= 15 is 0 Å². The number of hydrogen-bond donors (Lipinski definition) is 1. The Bertz CT molecular complexity index is 1650. The summed E-state index contributed by atoms with van der Waals surface area (Å²) in [6.45, 7) is 8.43. The highest BCUT2D eigenvalue weighted by molar-refractivity contribution is 6.34. The highest BCUT2D eigenvalue weighted by Gasteiger charge is 2.35. The number of amides is 1. The summed E-state index contributed by atoms with van der Waals surface area (Å²) in [6, 6.07) is 4.65. The van der Waals surface area contributed by atoms with Crippen LogP contribution in [0.1, 0.15) is 44.7 Å². The summed E-state index contributed by atoms with van der Waals surface area (Å²) in [7, 11) is 0. The standard InChI is InChI=1S/C29H32Cl2FN7O4/c1-29(2,3)43-28(41)37-7-6-19(14-37)36-8-9-38-22(15-36)25(31)26(35-38)17-10-23(27-20(30)12-34-39(27)13-17)42-24(16-40)21-5-4-18(32)11-33-21/h4-5,10-13,19,24,40H,6-9,14-16H2,1-3H3. The third-order valence-electron chi connectivity index (χ3n) is 7.60. The summed E-state index contributed by atoms with van der Waals surface area (Å²) in [5.41, 5.74) is 2.39. The monoisotopic (exact) mass is 631 g/mol. The van der Waals surface area contributed by atoms with E-state index in [-0.39, 0.29) is 12.1 Å². The molecule has 4 aromatic rings. The first-order chi connectivity index (χ1) is 20.5. The largest absolute Gasteiger partial charge is 0.479 e. The van der Waals surface area contributed by atoms with Crippen LogP contribution < -0.4 is 4.74 Å². The molecule has 6 rings (SSSR count). The lowest BCUT2D eigenvalue weighted by atomic mass is 10.1. The molecule has 1 N–H and O–H groups in total. The number of nitrogens with zero attached hydrogens (tertiary/aromatic N) is 7. The van der Waals surface area contributed by atoms with Crippen molar-refractivity contribution in [1.82, 2.24) is 34.2 Å². The molecule has 0 bridgehead atoms. The Morgan fingerprint density at radius 2 is 2.02 bits per heavy atom. The number of aliphatic hydroxyl groups excluding tert-OH is 1. The fourth-order valence-corrected chi connectivity index (χ4v) is 6.05. The van der Waals surface area contributed by atoms with E-state index in [0.29, 0.717) is 64.4 Å². The van der Waals surface area contributed by atoms with Gasteiger partial charge in [0.25, 0.3) is 0 Å². The van der Waals surface area contributed by atoms with Crippen LogP contribution in [0.2, 0.25) is 10.0 Å². The van der Waals surface area contributed by atoms with Gasteiger partial charge in [0.2, 0.25) is 0 Å². The Balaban J connectivity index is 1.25. The van der Waals surface area contributed by atoms with Crippen LogP contribution in [0.5, 0.6) is 5.75 Å². The summed E-state index contributed by atoms with van der Waals surface area (Å²) >= 11 is 13.4. The first-order valence-corrected chi connectivity index (χ1v) is 14.8. The quantitative estimate of drug-likeness (QED) is 0.317. The molecular weight excluding hydrogens is 600 g/mol. The van der Waals surface area contributed by atoms with Gasteiger partial charge in [-0.25, -0.2) is 13.7 Å². The zero-order valence-electron chi connectivity index (χ0n) is 24.0. The van der Waals surface area contributed by atoms with Gasteiger partial charge in [-0.3, -0.25) is 14.6 Å². The predicted molar refractivity (Wildman–Crippen MR) is 158 cm³/mol. The Morgan fingerprint density at radius 3 is 2.74 bits per heavy atom. The van der Waals surface area contributed by atoms with Gasteiger partial charge in [0.15, 0.2) is 6.10 Å². The third kappa shape index (κ3) is 6.01. The maximum Gasteiger partial charge on any atom is 0.410 e. The molecule has 0 saturated carbocycles. The Kier molecular flexibility index (Phi) is 7.97. The lowest BCUT2D eigenvalue weighted by Crippen LogP contribution is -2.44. The van der Waals surface area contributed by atoms with E-state index < -0.39 is 24.1 Å². The fraction of sp³-hybridized carbons (Fsp3) is 0.448. The predicted octanol–water partition coefficient (Wildman–Crippen LogP) is 4.98. The molecule has 0 spiro atoms. The normalized spacial score (nSPS) is 18.2. The van der Waals surface area contributed by atoms with Gasteiger partial charge in [0.05, 0.1) is 47.0 Å². The van der Waals surface area contributed by atoms with Crippen molar-refractivity contribution >= 4 is 34.8 Å². The SMILES string of the molecule is CC(C)(C)OC(=O)N1CCC(N2CCn3nc(-c4cc(OC(CO)c5ccc(F)cn5)c5c(Cl)cnn5c4)c(Cl)c3C2)C1. The molecule has 11 nitrogen and oxygen atoms in total. The maximum atomic E-state index is 13.5. The number of likely N-dealkylation sites (tertiary alicyclic amines) is 1. The van der Waals surface area contributed by atoms with Gasteiger partial charge in [-0.15, -0.1) is 0 Å². The van der Waals surface area contributed by atoms with E-state index in [2.05, 4.69) is 15.0 Å². The lowest BCUT2D eigenvalue weighted by molar-refractivity contribution is 0.0275. The average molecular weight is 633 g/mol. The summed E-state index contributed by atoms with van der Waals surface area (Å²) in [5.74, 6) is -0.157. The van der Waals surface area contributed by atoms with Gasteiger partial charge >= 0.3 is 6.09 Å². The molecule has 2 unspecified atom stereocenters. The Morgan fingerprint density at radius 1 is 1.21 bits per heavy atom. The zero-order valence-corrected chi connectivity index (χ0v) is 25.5. The highest BCUT2D eigenvalue weighted by atomic mass is 35.5. The first-order valence-electron chi connectivity index (χ1n) is 14.0. The van der Waals surface area contributed by atoms with Crippen LogP contribution in [0.25, 0.3) is 16.8 Å². The van der Waals surface area contributed by atoms with Crippen molar-refractivity contribution in [1.29, 1.82) is 0 Å². The van der Waals surface area contributed by atoms with Crippen LogP contribution in [-0.4, -0.2) is 83.3 Å². The van der Waals surface area contributed by atoms with Crippen molar-refractivity contribution in [3.8, 4) is 17.0 Å². The van der Waals surface area contributed by atoms with Crippen molar-refractivity contribution < 1.29 is 23.8 Å². The van der Waals surface area contributed by atoms with Gasteiger partial charge < -0.3 is 19.5 Å². The van der Waals surface area contributed by atoms with Gasteiger partial charge in [0, 0.05) is 44.0 Å². The molecule has 0 aromatic carbocycles. The minimum Gasteiger partial charge on any atom is -0.479 e. The first kappa shape index (κ1) is 29.6. The van der Waals surface area contributed by atoms with Crippen molar-refractivity contribution in [3.63, 3.8) is 0 Å². The number of pyridine rings is 2. The number of ether oxygens (including phenoxy) is 2. The second-order valence-electron chi connectivity index (χ2n) is 11.7. The van der Waals surface area contributed by atoms with Crippen molar-refractivity contribution in [2.75, 3.05) is 26.2 Å². The van der Waals surface area contributed by atoms with Gasteiger partial charge in [-0.2, -0.15) is 10.2 Å².